The summed E-state index contributed by atoms with van der Waals surface area (Å²) in [5.74, 6) is 0.152. The molecule has 1 atom stereocenters. The van der Waals surface area contributed by atoms with Gasteiger partial charge in [0, 0.05) is 7.05 Å². The number of imide groups is 1. The maximum atomic E-state index is 11.5. The lowest BCUT2D eigenvalue weighted by molar-refractivity contribution is -0.126. The summed E-state index contributed by atoms with van der Waals surface area (Å²) in [5.41, 5.74) is 0.937. The van der Waals surface area contributed by atoms with Gasteiger partial charge < -0.3 is 10.1 Å². The van der Waals surface area contributed by atoms with Crippen molar-refractivity contribution >= 4 is 11.9 Å². The molecule has 5 nitrogen and oxygen atoms in total. The number of benzene rings is 1. The van der Waals surface area contributed by atoms with E-state index >= 15 is 0 Å². The summed E-state index contributed by atoms with van der Waals surface area (Å²) < 4.78 is 5.46. The molecule has 17 heavy (non-hydrogen) atoms. The van der Waals surface area contributed by atoms with Gasteiger partial charge in [-0.05, 0) is 25.5 Å². The molecule has 0 saturated carbocycles. The van der Waals surface area contributed by atoms with Crippen LogP contribution in [0.15, 0.2) is 24.3 Å². The lowest BCUT2D eigenvalue weighted by Gasteiger charge is -2.15. The predicted octanol–water partition coefficient (Wildman–Crippen LogP) is 1.22. The molecule has 0 fully saturated rings. The van der Waals surface area contributed by atoms with Gasteiger partial charge >= 0.3 is 6.03 Å². The van der Waals surface area contributed by atoms with Crippen molar-refractivity contribution in [1.29, 1.82) is 0 Å². The summed E-state index contributed by atoms with van der Waals surface area (Å²) in [6.45, 7) is 3.48. The van der Waals surface area contributed by atoms with E-state index in [1.165, 1.54) is 7.05 Å². The van der Waals surface area contributed by atoms with Crippen molar-refractivity contribution in [3.63, 3.8) is 0 Å². The normalized spacial score (nSPS) is 11.5. The van der Waals surface area contributed by atoms with Crippen molar-refractivity contribution in [2.45, 2.75) is 20.0 Å². The van der Waals surface area contributed by atoms with Crippen LogP contribution in [0, 0.1) is 6.92 Å². The zero-order valence-electron chi connectivity index (χ0n) is 10.1. The molecular weight excluding hydrogens is 220 g/mol. The summed E-state index contributed by atoms with van der Waals surface area (Å²) in [6.07, 6.45) is -0.728. The second-order valence-electron chi connectivity index (χ2n) is 3.59. The zero-order valence-corrected chi connectivity index (χ0v) is 10.1. The number of ether oxygens (including phenoxy) is 1. The van der Waals surface area contributed by atoms with E-state index in [0.29, 0.717) is 5.75 Å². The molecule has 0 aliphatic heterocycles. The van der Waals surface area contributed by atoms with Gasteiger partial charge in [-0.3, -0.25) is 10.1 Å². The molecule has 2 N–H and O–H groups in total. The quantitative estimate of drug-likeness (QED) is 0.829. The van der Waals surface area contributed by atoms with E-state index in [1.54, 1.807) is 13.0 Å². The first-order chi connectivity index (χ1) is 8.04. The fraction of sp³-hybridized carbons (Fsp3) is 0.333. The topological polar surface area (TPSA) is 67.4 Å². The summed E-state index contributed by atoms with van der Waals surface area (Å²) in [4.78, 5) is 22.5. The van der Waals surface area contributed by atoms with Crippen LogP contribution in [0.5, 0.6) is 5.75 Å². The molecular formula is C12H16N2O3. The van der Waals surface area contributed by atoms with Crippen molar-refractivity contribution < 1.29 is 14.3 Å². The van der Waals surface area contributed by atoms with Gasteiger partial charge in [-0.2, -0.15) is 0 Å². The van der Waals surface area contributed by atoms with Crippen LogP contribution in [0.4, 0.5) is 4.79 Å². The van der Waals surface area contributed by atoms with E-state index in [4.69, 9.17) is 4.74 Å². The Morgan fingerprint density at radius 2 is 1.94 bits per heavy atom. The Morgan fingerprint density at radius 3 is 2.53 bits per heavy atom. The molecule has 1 unspecified atom stereocenters. The summed E-state index contributed by atoms with van der Waals surface area (Å²) in [6, 6.07) is 6.83. The minimum atomic E-state index is -0.728. The first-order valence-corrected chi connectivity index (χ1v) is 5.29. The van der Waals surface area contributed by atoms with Gasteiger partial charge in [0.05, 0.1) is 0 Å². The highest BCUT2D eigenvalue weighted by Gasteiger charge is 2.17. The van der Waals surface area contributed by atoms with E-state index in [2.05, 4.69) is 10.6 Å². The number of rotatable bonds is 3. The van der Waals surface area contributed by atoms with Gasteiger partial charge in [0.15, 0.2) is 6.10 Å². The van der Waals surface area contributed by atoms with Gasteiger partial charge in [-0.25, -0.2) is 4.79 Å². The molecule has 0 heterocycles. The summed E-state index contributed by atoms with van der Waals surface area (Å²) in [5, 5.41) is 4.45. The van der Waals surface area contributed by atoms with Crippen molar-refractivity contribution in [3.8, 4) is 5.75 Å². The van der Waals surface area contributed by atoms with Gasteiger partial charge in [0.1, 0.15) is 5.75 Å². The number of urea groups is 1. The lowest BCUT2D eigenvalue weighted by atomic mass is 10.2. The fourth-order valence-electron chi connectivity index (χ4n) is 1.21. The van der Waals surface area contributed by atoms with Gasteiger partial charge in [-0.15, -0.1) is 0 Å². The standard InChI is InChI=1S/C12H16N2O3/c1-8-6-4-5-7-10(8)17-9(2)11(15)14-12(16)13-3/h4-7,9H,1-3H3,(H2,13,14,15,16). The summed E-state index contributed by atoms with van der Waals surface area (Å²) >= 11 is 0. The highest BCUT2D eigenvalue weighted by Crippen LogP contribution is 2.17. The van der Waals surface area contributed by atoms with Gasteiger partial charge in [0.25, 0.3) is 5.91 Å². The van der Waals surface area contributed by atoms with E-state index < -0.39 is 18.0 Å². The van der Waals surface area contributed by atoms with Crippen LogP contribution in [0.25, 0.3) is 0 Å². The average Bonchev–Trinajstić information content (AvgIpc) is 2.31. The van der Waals surface area contributed by atoms with Crippen molar-refractivity contribution in [2.24, 2.45) is 0 Å². The molecule has 5 heteroatoms. The SMILES string of the molecule is CNC(=O)NC(=O)C(C)Oc1ccccc1C. The maximum absolute atomic E-state index is 11.5. The second kappa shape index (κ2) is 5.89. The monoisotopic (exact) mass is 236 g/mol. The number of carbonyl (C=O) groups excluding carboxylic acids is 2. The number of hydrogen-bond donors (Lipinski definition) is 2. The highest BCUT2D eigenvalue weighted by atomic mass is 16.5. The largest absolute Gasteiger partial charge is 0.481 e. The average molecular weight is 236 g/mol. The minimum Gasteiger partial charge on any atom is -0.481 e. The molecule has 0 bridgehead atoms. The van der Waals surface area contributed by atoms with E-state index in [-0.39, 0.29) is 0 Å². The molecule has 3 amide bonds. The molecule has 0 saturated heterocycles. The number of para-hydroxylation sites is 1. The third-order valence-corrected chi connectivity index (χ3v) is 2.23. The van der Waals surface area contributed by atoms with Crippen LogP contribution < -0.4 is 15.4 Å². The Kier molecular flexibility index (Phi) is 4.51. The van der Waals surface area contributed by atoms with Gasteiger partial charge in [0.2, 0.25) is 0 Å². The van der Waals surface area contributed by atoms with Crippen LogP contribution in [-0.2, 0) is 4.79 Å². The van der Waals surface area contributed by atoms with E-state index in [1.807, 2.05) is 25.1 Å². The first-order valence-electron chi connectivity index (χ1n) is 5.29. The molecule has 0 aliphatic carbocycles. The van der Waals surface area contributed by atoms with Crippen LogP contribution in [-0.4, -0.2) is 25.1 Å². The third kappa shape index (κ3) is 3.79. The Balaban J connectivity index is 2.60. The smallest absolute Gasteiger partial charge is 0.321 e. The van der Waals surface area contributed by atoms with Crippen molar-refractivity contribution in [1.82, 2.24) is 10.6 Å². The van der Waals surface area contributed by atoms with Crippen LogP contribution in [0.3, 0.4) is 0 Å². The van der Waals surface area contributed by atoms with Crippen molar-refractivity contribution in [3.05, 3.63) is 29.8 Å². The van der Waals surface area contributed by atoms with Gasteiger partial charge in [-0.1, -0.05) is 18.2 Å². The number of nitrogens with one attached hydrogen (secondary N) is 2. The Labute approximate surface area is 100 Å². The number of amides is 3. The molecule has 0 radical (unpaired) electrons. The minimum absolute atomic E-state index is 0.479. The molecule has 92 valence electrons. The second-order valence-corrected chi connectivity index (χ2v) is 3.59. The Bertz CT molecular complexity index is 418. The van der Waals surface area contributed by atoms with Crippen molar-refractivity contribution in [2.75, 3.05) is 7.05 Å². The van der Waals surface area contributed by atoms with E-state index in [9.17, 15) is 9.59 Å². The maximum Gasteiger partial charge on any atom is 0.321 e. The third-order valence-electron chi connectivity index (χ3n) is 2.23. The molecule has 1 aromatic rings. The highest BCUT2D eigenvalue weighted by molar-refractivity contribution is 5.96. The van der Waals surface area contributed by atoms with Crippen LogP contribution in [0.2, 0.25) is 0 Å². The molecule has 1 aromatic carbocycles. The number of aryl methyl sites for hydroxylation is 1. The number of carbonyl (C=O) groups is 2. The lowest BCUT2D eigenvalue weighted by Crippen LogP contribution is -2.44. The molecule has 0 aliphatic rings. The molecule has 0 aromatic heterocycles. The number of hydrogen-bond acceptors (Lipinski definition) is 3. The Hall–Kier alpha value is -2.04. The fourth-order valence-corrected chi connectivity index (χ4v) is 1.21. The first kappa shape index (κ1) is 13.0. The zero-order chi connectivity index (χ0) is 12.8. The van der Waals surface area contributed by atoms with E-state index in [0.717, 1.165) is 5.56 Å². The molecule has 1 rings (SSSR count). The molecule has 0 spiro atoms. The predicted molar refractivity (Wildman–Crippen MR) is 63.9 cm³/mol. The summed E-state index contributed by atoms with van der Waals surface area (Å²) in [7, 11) is 1.44. The van der Waals surface area contributed by atoms with Crippen LogP contribution >= 0.6 is 0 Å². The van der Waals surface area contributed by atoms with Crippen LogP contribution in [0.1, 0.15) is 12.5 Å². The Morgan fingerprint density at radius 1 is 1.29 bits per heavy atom.